The highest BCUT2D eigenvalue weighted by Crippen LogP contribution is 2.45. The maximum Gasteiger partial charge on any atom is 0.343 e. The van der Waals surface area contributed by atoms with Crippen molar-refractivity contribution in [2.75, 3.05) is 0 Å². The molecule has 0 aromatic heterocycles. The van der Waals surface area contributed by atoms with Crippen molar-refractivity contribution in [3.05, 3.63) is 0 Å². The number of rotatable bonds is 3. The van der Waals surface area contributed by atoms with Gasteiger partial charge in [0.1, 0.15) is 5.12 Å². The molecule has 0 bridgehead atoms. The molecule has 0 aromatic rings. The average Bonchev–Trinajstić information content (AvgIpc) is 1.64. The fourth-order valence-corrected chi connectivity index (χ4v) is 1.22. The molecular formula is C4H10ClO3P. The molecule has 56 valence electrons. The third-order valence-electron chi connectivity index (χ3n) is 0.892. The molecule has 0 fully saturated rings. The quantitative estimate of drug-likeness (QED) is 0.501. The SMILES string of the molecule is CCCC(Cl)P(=O)(O)O. The lowest BCUT2D eigenvalue weighted by molar-refractivity contribution is 0.366. The third kappa shape index (κ3) is 3.93. The Morgan fingerprint density at radius 2 is 2.11 bits per heavy atom. The van der Waals surface area contributed by atoms with E-state index >= 15 is 0 Å². The second kappa shape index (κ2) is 3.57. The Hall–Kier alpha value is 0.440. The minimum Gasteiger partial charge on any atom is -0.323 e. The van der Waals surface area contributed by atoms with Crippen molar-refractivity contribution >= 4 is 19.2 Å². The van der Waals surface area contributed by atoms with Gasteiger partial charge in [-0.2, -0.15) is 0 Å². The van der Waals surface area contributed by atoms with Crippen LogP contribution >= 0.6 is 19.2 Å². The molecule has 0 saturated carbocycles. The molecule has 0 radical (unpaired) electrons. The molecule has 5 heteroatoms. The first kappa shape index (κ1) is 9.44. The second-order valence-electron chi connectivity index (χ2n) is 1.81. The van der Waals surface area contributed by atoms with Crippen molar-refractivity contribution in [3.8, 4) is 0 Å². The lowest BCUT2D eigenvalue weighted by Crippen LogP contribution is -1.97. The molecule has 0 rings (SSSR count). The van der Waals surface area contributed by atoms with E-state index in [9.17, 15) is 4.57 Å². The lowest BCUT2D eigenvalue weighted by Gasteiger charge is -2.08. The summed E-state index contributed by atoms with van der Waals surface area (Å²) in [6.45, 7) is 1.82. The molecule has 0 aliphatic carbocycles. The lowest BCUT2D eigenvalue weighted by atomic mass is 10.4. The number of hydrogen-bond acceptors (Lipinski definition) is 1. The first-order chi connectivity index (χ1) is 3.98. The summed E-state index contributed by atoms with van der Waals surface area (Å²) in [6.07, 6.45) is 1.06. The molecule has 0 aromatic carbocycles. The highest BCUT2D eigenvalue weighted by Gasteiger charge is 2.24. The van der Waals surface area contributed by atoms with Crippen LogP contribution in [-0.2, 0) is 4.57 Å². The van der Waals surface area contributed by atoms with Crippen LogP contribution in [0.1, 0.15) is 19.8 Å². The second-order valence-corrected chi connectivity index (χ2v) is 4.44. The number of halogens is 1. The predicted molar refractivity (Wildman–Crippen MR) is 36.6 cm³/mol. The van der Waals surface area contributed by atoms with Crippen LogP contribution in [0.3, 0.4) is 0 Å². The normalized spacial score (nSPS) is 15.6. The summed E-state index contributed by atoms with van der Waals surface area (Å²) in [7, 11) is -4.01. The van der Waals surface area contributed by atoms with E-state index in [1.54, 1.807) is 0 Å². The predicted octanol–water partition coefficient (Wildman–Crippen LogP) is 1.53. The fraction of sp³-hybridized carbons (Fsp3) is 1.00. The van der Waals surface area contributed by atoms with Crippen LogP contribution in [0.15, 0.2) is 0 Å². The fourth-order valence-electron chi connectivity index (χ4n) is 0.406. The minimum absolute atomic E-state index is 0.367. The molecule has 3 nitrogen and oxygen atoms in total. The molecule has 1 atom stereocenters. The van der Waals surface area contributed by atoms with Gasteiger partial charge in [0.25, 0.3) is 0 Å². The summed E-state index contributed by atoms with van der Waals surface area (Å²) in [5.74, 6) is 0. The van der Waals surface area contributed by atoms with Crippen molar-refractivity contribution in [2.24, 2.45) is 0 Å². The molecule has 9 heavy (non-hydrogen) atoms. The van der Waals surface area contributed by atoms with E-state index in [1.165, 1.54) is 0 Å². The summed E-state index contributed by atoms with van der Waals surface area (Å²) < 4.78 is 10.3. The van der Waals surface area contributed by atoms with Gasteiger partial charge in [-0.1, -0.05) is 13.3 Å². The van der Waals surface area contributed by atoms with Gasteiger partial charge < -0.3 is 9.79 Å². The zero-order valence-electron chi connectivity index (χ0n) is 5.12. The topological polar surface area (TPSA) is 57.5 Å². The van der Waals surface area contributed by atoms with E-state index in [1.807, 2.05) is 6.92 Å². The van der Waals surface area contributed by atoms with Gasteiger partial charge in [0.15, 0.2) is 0 Å². The van der Waals surface area contributed by atoms with Gasteiger partial charge in [-0.3, -0.25) is 4.57 Å². The summed E-state index contributed by atoms with van der Waals surface area (Å²) in [4.78, 5) is 16.8. The van der Waals surface area contributed by atoms with Gasteiger partial charge in [-0.15, -0.1) is 11.6 Å². The van der Waals surface area contributed by atoms with Crippen LogP contribution in [0.25, 0.3) is 0 Å². The van der Waals surface area contributed by atoms with E-state index in [0.29, 0.717) is 12.8 Å². The van der Waals surface area contributed by atoms with Crippen LogP contribution < -0.4 is 0 Å². The molecule has 2 N–H and O–H groups in total. The Bertz CT molecular complexity index is 121. The molecule has 0 aliphatic rings. The maximum absolute atomic E-state index is 10.3. The zero-order chi connectivity index (χ0) is 7.49. The van der Waals surface area contributed by atoms with E-state index in [-0.39, 0.29) is 0 Å². The van der Waals surface area contributed by atoms with Crippen molar-refractivity contribution in [1.29, 1.82) is 0 Å². The van der Waals surface area contributed by atoms with E-state index in [4.69, 9.17) is 21.4 Å². The van der Waals surface area contributed by atoms with Gasteiger partial charge in [0, 0.05) is 0 Å². The molecule has 0 saturated heterocycles. The zero-order valence-corrected chi connectivity index (χ0v) is 6.77. The van der Waals surface area contributed by atoms with E-state index < -0.39 is 12.7 Å². The Kier molecular flexibility index (Phi) is 3.74. The van der Waals surface area contributed by atoms with Gasteiger partial charge in [0.2, 0.25) is 0 Å². The number of alkyl halides is 1. The van der Waals surface area contributed by atoms with Crippen molar-refractivity contribution in [2.45, 2.75) is 24.9 Å². The highest BCUT2D eigenvalue weighted by molar-refractivity contribution is 7.54. The van der Waals surface area contributed by atoms with Gasteiger partial charge in [0.05, 0.1) is 0 Å². The van der Waals surface area contributed by atoms with Gasteiger partial charge >= 0.3 is 7.60 Å². The number of hydrogen-bond donors (Lipinski definition) is 2. The van der Waals surface area contributed by atoms with Gasteiger partial charge in [-0.25, -0.2) is 0 Å². The summed E-state index contributed by atoms with van der Waals surface area (Å²) in [5, 5.41) is -0.998. The van der Waals surface area contributed by atoms with Crippen LogP contribution in [0, 0.1) is 0 Å². The van der Waals surface area contributed by atoms with Crippen LogP contribution in [0.4, 0.5) is 0 Å². The van der Waals surface area contributed by atoms with Crippen molar-refractivity contribution < 1.29 is 14.4 Å². The third-order valence-corrected chi connectivity index (χ3v) is 2.86. The Morgan fingerprint density at radius 1 is 1.67 bits per heavy atom. The Labute approximate surface area is 59.2 Å². The summed E-state index contributed by atoms with van der Waals surface area (Å²) in [6, 6.07) is 0. The maximum atomic E-state index is 10.3. The average molecular weight is 173 g/mol. The first-order valence-electron chi connectivity index (χ1n) is 2.67. The highest BCUT2D eigenvalue weighted by atomic mass is 35.5. The van der Waals surface area contributed by atoms with Crippen LogP contribution in [0.5, 0.6) is 0 Å². The van der Waals surface area contributed by atoms with E-state index in [2.05, 4.69) is 0 Å². The monoisotopic (exact) mass is 172 g/mol. The first-order valence-corrected chi connectivity index (χ1v) is 4.79. The van der Waals surface area contributed by atoms with Crippen molar-refractivity contribution in [3.63, 3.8) is 0 Å². The molecule has 1 unspecified atom stereocenters. The standard InChI is InChI=1S/C4H10ClO3P/c1-2-3-4(5)9(6,7)8/h4H,2-3H2,1H3,(H2,6,7,8). The largest absolute Gasteiger partial charge is 0.343 e. The van der Waals surface area contributed by atoms with E-state index in [0.717, 1.165) is 0 Å². The minimum atomic E-state index is -4.01. The molecule has 0 amide bonds. The summed E-state index contributed by atoms with van der Waals surface area (Å²) in [5.41, 5.74) is 0. The smallest absolute Gasteiger partial charge is 0.323 e. The molecule has 0 heterocycles. The van der Waals surface area contributed by atoms with Crippen molar-refractivity contribution in [1.82, 2.24) is 0 Å². The van der Waals surface area contributed by atoms with Gasteiger partial charge in [-0.05, 0) is 6.42 Å². The molecule has 0 aliphatic heterocycles. The molecule has 0 spiro atoms. The van der Waals surface area contributed by atoms with Crippen LogP contribution in [0.2, 0.25) is 0 Å². The Balaban J connectivity index is 3.74. The Morgan fingerprint density at radius 3 is 2.22 bits per heavy atom. The van der Waals surface area contributed by atoms with Crippen LogP contribution in [-0.4, -0.2) is 14.9 Å². The summed E-state index contributed by atoms with van der Waals surface area (Å²) >= 11 is 5.29. The molecular weight excluding hydrogens is 162 g/mol.